The van der Waals surface area contributed by atoms with E-state index in [1.807, 2.05) is 6.92 Å². The lowest BCUT2D eigenvalue weighted by molar-refractivity contribution is -0.148. The second-order valence-electron chi connectivity index (χ2n) is 7.34. The van der Waals surface area contributed by atoms with Crippen molar-refractivity contribution in [2.24, 2.45) is 11.8 Å². The summed E-state index contributed by atoms with van der Waals surface area (Å²) in [6, 6.07) is 0. The van der Waals surface area contributed by atoms with Gasteiger partial charge in [0.1, 0.15) is 5.00 Å². The van der Waals surface area contributed by atoms with Gasteiger partial charge < -0.3 is 14.8 Å². The summed E-state index contributed by atoms with van der Waals surface area (Å²) in [7, 11) is 0. The van der Waals surface area contributed by atoms with Crippen LogP contribution in [0.15, 0.2) is 0 Å². The number of rotatable bonds is 6. The maximum absolute atomic E-state index is 12.5. The van der Waals surface area contributed by atoms with Crippen molar-refractivity contribution < 1.29 is 23.9 Å². The average Bonchev–Trinajstić information content (AvgIpc) is 3.19. The molecule has 26 heavy (non-hydrogen) atoms. The molecule has 0 radical (unpaired) electrons. The Kier molecular flexibility index (Phi) is 5.65. The first-order chi connectivity index (χ1) is 12.4. The van der Waals surface area contributed by atoms with Crippen LogP contribution in [0.5, 0.6) is 0 Å². The van der Waals surface area contributed by atoms with Crippen molar-refractivity contribution in [3.8, 4) is 0 Å². The molecule has 0 bridgehead atoms. The van der Waals surface area contributed by atoms with Crippen LogP contribution in [0.25, 0.3) is 0 Å². The summed E-state index contributed by atoms with van der Waals surface area (Å²) >= 11 is 1.43. The fourth-order valence-electron chi connectivity index (χ4n) is 3.20. The number of amides is 1. The van der Waals surface area contributed by atoms with E-state index >= 15 is 0 Å². The van der Waals surface area contributed by atoms with Gasteiger partial charge in [-0.2, -0.15) is 0 Å². The number of anilines is 1. The van der Waals surface area contributed by atoms with E-state index in [4.69, 9.17) is 9.47 Å². The molecule has 1 aromatic heterocycles. The Morgan fingerprint density at radius 2 is 1.92 bits per heavy atom. The van der Waals surface area contributed by atoms with Gasteiger partial charge >= 0.3 is 11.9 Å². The molecular formula is C19H25NO5S. The highest BCUT2D eigenvalue weighted by Gasteiger charge is 2.40. The number of hydrogen-bond acceptors (Lipinski definition) is 6. The quantitative estimate of drug-likeness (QED) is 0.767. The van der Waals surface area contributed by atoms with E-state index in [0.29, 0.717) is 16.5 Å². The minimum absolute atomic E-state index is 0.0755. The normalized spacial score (nSPS) is 21.1. The van der Waals surface area contributed by atoms with Crippen molar-refractivity contribution in [3.63, 3.8) is 0 Å². The van der Waals surface area contributed by atoms with E-state index in [-0.39, 0.29) is 24.6 Å². The number of aryl methyl sites for hydroxylation is 1. The molecule has 1 aromatic rings. The number of ether oxygens (including phenoxy) is 2. The van der Waals surface area contributed by atoms with Crippen LogP contribution in [-0.2, 0) is 31.9 Å². The Balaban J connectivity index is 1.69. The maximum Gasteiger partial charge on any atom is 0.341 e. The van der Waals surface area contributed by atoms with Gasteiger partial charge in [-0.1, -0.05) is 6.92 Å². The highest BCUT2D eigenvalue weighted by atomic mass is 32.1. The summed E-state index contributed by atoms with van der Waals surface area (Å²) in [5.74, 6) is -0.889. The summed E-state index contributed by atoms with van der Waals surface area (Å²) in [4.78, 5) is 37.6. The van der Waals surface area contributed by atoms with Crippen LogP contribution < -0.4 is 5.32 Å². The molecule has 0 saturated heterocycles. The molecule has 0 spiro atoms. The van der Waals surface area contributed by atoms with Crippen LogP contribution in [0.2, 0.25) is 0 Å². The summed E-state index contributed by atoms with van der Waals surface area (Å²) in [5, 5.41) is 3.25. The lowest BCUT2D eigenvalue weighted by atomic mass is 9.95. The molecule has 142 valence electrons. The number of carbonyl (C=O) groups excluding carboxylic acids is 3. The molecule has 1 fully saturated rings. The van der Waals surface area contributed by atoms with Gasteiger partial charge in [-0.05, 0) is 57.4 Å². The predicted molar refractivity (Wildman–Crippen MR) is 98.4 cm³/mol. The van der Waals surface area contributed by atoms with Gasteiger partial charge in [-0.3, -0.25) is 9.59 Å². The lowest BCUT2D eigenvalue weighted by Crippen LogP contribution is -2.23. The molecule has 7 heteroatoms. The highest BCUT2D eigenvalue weighted by Crippen LogP contribution is 2.39. The van der Waals surface area contributed by atoms with E-state index in [1.165, 1.54) is 11.3 Å². The van der Waals surface area contributed by atoms with E-state index in [1.54, 1.807) is 13.8 Å². The van der Waals surface area contributed by atoms with E-state index in [0.717, 1.165) is 42.5 Å². The van der Waals surface area contributed by atoms with Gasteiger partial charge in [0.25, 0.3) is 5.91 Å². The lowest BCUT2D eigenvalue weighted by Gasteiger charge is -2.14. The fraction of sp³-hybridized carbons (Fsp3) is 0.632. The van der Waals surface area contributed by atoms with Crippen LogP contribution in [0, 0.1) is 11.8 Å². The van der Waals surface area contributed by atoms with Crippen LogP contribution in [0.4, 0.5) is 5.00 Å². The molecule has 2 aliphatic rings. The van der Waals surface area contributed by atoms with Gasteiger partial charge in [0, 0.05) is 4.88 Å². The van der Waals surface area contributed by atoms with Crippen LogP contribution in [-0.4, -0.2) is 30.6 Å². The standard InChI is InChI=1S/C19H25NO5S/c1-10(2)25-19(23)16-12-6-4-5-7-14(12)26-17(16)20-15(21)9-24-18(22)13-8-11(13)3/h10-11,13H,4-9H2,1-3H3,(H,20,21). The summed E-state index contributed by atoms with van der Waals surface area (Å²) in [6.45, 7) is 5.25. The van der Waals surface area contributed by atoms with Crippen molar-refractivity contribution in [2.45, 2.75) is 59.0 Å². The zero-order chi connectivity index (χ0) is 18.8. The molecule has 0 aromatic carbocycles. The molecular weight excluding hydrogens is 354 g/mol. The number of esters is 2. The van der Waals surface area contributed by atoms with Gasteiger partial charge in [0.15, 0.2) is 6.61 Å². The van der Waals surface area contributed by atoms with Crippen molar-refractivity contribution in [1.29, 1.82) is 0 Å². The number of thiophene rings is 1. The third-order valence-corrected chi connectivity index (χ3v) is 5.94. The summed E-state index contributed by atoms with van der Waals surface area (Å²) < 4.78 is 10.4. The van der Waals surface area contributed by atoms with Gasteiger partial charge in [0.2, 0.25) is 0 Å². The van der Waals surface area contributed by atoms with Crippen molar-refractivity contribution in [1.82, 2.24) is 0 Å². The number of fused-ring (bicyclic) bond motifs is 1. The van der Waals surface area contributed by atoms with Gasteiger partial charge in [-0.25, -0.2) is 4.79 Å². The molecule has 1 amide bonds. The number of carbonyl (C=O) groups is 3. The first-order valence-corrected chi connectivity index (χ1v) is 10.0. The Hall–Kier alpha value is -1.89. The Bertz CT molecular complexity index is 724. The molecule has 2 atom stereocenters. The van der Waals surface area contributed by atoms with Crippen molar-refractivity contribution in [3.05, 3.63) is 16.0 Å². The second-order valence-corrected chi connectivity index (χ2v) is 8.45. The highest BCUT2D eigenvalue weighted by molar-refractivity contribution is 7.17. The molecule has 2 unspecified atom stereocenters. The third kappa shape index (κ3) is 4.26. The smallest absolute Gasteiger partial charge is 0.341 e. The third-order valence-electron chi connectivity index (χ3n) is 4.73. The summed E-state index contributed by atoms with van der Waals surface area (Å²) in [6.07, 6.45) is 4.42. The predicted octanol–water partition coefficient (Wildman–Crippen LogP) is 3.33. The van der Waals surface area contributed by atoms with Crippen LogP contribution >= 0.6 is 11.3 Å². The van der Waals surface area contributed by atoms with Gasteiger partial charge in [0.05, 0.1) is 17.6 Å². The SMILES string of the molecule is CC(C)OC(=O)c1c(NC(=O)COC(=O)C2CC2C)sc2c1CCCC2. The minimum Gasteiger partial charge on any atom is -0.459 e. The molecule has 1 heterocycles. The molecule has 3 rings (SSSR count). The van der Waals surface area contributed by atoms with Gasteiger partial charge in [-0.15, -0.1) is 11.3 Å². The zero-order valence-corrected chi connectivity index (χ0v) is 16.2. The molecule has 6 nitrogen and oxygen atoms in total. The maximum atomic E-state index is 12.5. The van der Waals surface area contributed by atoms with E-state index in [2.05, 4.69) is 5.32 Å². The van der Waals surface area contributed by atoms with Crippen LogP contribution in [0.1, 0.15) is 60.8 Å². The molecule has 2 aliphatic carbocycles. The second kappa shape index (κ2) is 7.78. The van der Waals surface area contributed by atoms with Crippen molar-refractivity contribution >= 4 is 34.2 Å². The zero-order valence-electron chi connectivity index (χ0n) is 15.4. The topological polar surface area (TPSA) is 81.7 Å². The number of hydrogen-bond donors (Lipinski definition) is 1. The number of nitrogens with one attached hydrogen (secondary N) is 1. The van der Waals surface area contributed by atoms with Crippen LogP contribution in [0.3, 0.4) is 0 Å². The fourth-order valence-corrected chi connectivity index (χ4v) is 4.49. The Morgan fingerprint density at radius 1 is 1.23 bits per heavy atom. The molecule has 1 saturated carbocycles. The molecule has 1 N–H and O–H groups in total. The Morgan fingerprint density at radius 3 is 2.58 bits per heavy atom. The first kappa shape index (κ1) is 18.9. The van der Waals surface area contributed by atoms with E-state index in [9.17, 15) is 14.4 Å². The first-order valence-electron chi connectivity index (χ1n) is 9.18. The monoisotopic (exact) mass is 379 g/mol. The van der Waals surface area contributed by atoms with E-state index < -0.39 is 11.9 Å². The summed E-state index contributed by atoms with van der Waals surface area (Å²) in [5.41, 5.74) is 1.46. The van der Waals surface area contributed by atoms with Crippen molar-refractivity contribution in [2.75, 3.05) is 11.9 Å². The largest absolute Gasteiger partial charge is 0.459 e. The average molecular weight is 379 g/mol. The minimum atomic E-state index is -0.427. The molecule has 0 aliphatic heterocycles. The Labute approximate surface area is 157 Å².